The summed E-state index contributed by atoms with van der Waals surface area (Å²) in [6.45, 7) is 3.49. The molecule has 1 unspecified atom stereocenters. The van der Waals surface area contributed by atoms with Crippen molar-refractivity contribution in [3.8, 4) is 11.4 Å². The summed E-state index contributed by atoms with van der Waals surface area (Å²) in [6, 6.07) is 9.81. The zero-order valence-corrected chi connectivity index (χ0v) is 17.2. The van der Waals surface area contributed by atoms with E-state index in [1.54, 1.807) is 12.4 Å². The number of likely N-dealkylation sites (tertiary alicyclic amines) is 1. The van der Waals surface area contributed by atoms with Crippen LogP contribution in [0.25, 0.3) is 11.4 Å². The fourth-order valence-electron chi connectivity index (χ4n) is 3.65. The highest BCUT2D eigenvalue weighted by Gasteiger charge is 2.26. The van der Waals surface area contributed by atoms with Crippen LogP contribution in [0.4, 0.5) is 0 Å². The molecule has 1 atom stereocenters. The van der Waals surface area contributed by atoms with E-state index in [-0.39, 0.29) is 5.91 Å². The van der Waals surface area contributed by atoms with Crippen LogP contribution in [0.1, 0.15) is 34.7 Å². The third kappa shape index (κ3) is 4.14. The van der Waals surface area contributed by atoms with Gasteiger partial charge in [-0.3, -0.25) is 9.78 Å². The number of hydrogen-bond donors (Lipinski definition) is 0. The fraction of sp³-hybridized carbons (Fsp3) is 0.333. The second-order valence-corrected chi connectivity index (χ2v) is 8.10. The maximum atomic E-state index is 12.8. The zero-order valence-electron chi connectivity index (χ0n) is 15.6. The number of carbonyl (C=O) groups excluding carboxylic acids is 1. The van der Waals surface area contributed by atoms with Crippen LogP contribution >= 0.6 is 15.9 Å². The second kappa shape index (κ2) is 8.22. The van der Waals surface area contributed by atoms with Crippen LogP contribution in [0.5, 0.6) is 0 Å². The van der Waals surface area contributed by atoms with Gasteiger partial charge in [0, 0.05) is 41.9 Å². The molecule has 0 aliphatic carbocycles. The number of rotatable bonds is 4. The number of carbonyl (C=O) groups is 1. The van der Waals surface area contributed by atoms with E-state index in [4.69, 9.17) is 4.52 Å². The van der Waals surface area contributed by atoms with E-state index in [1.807, 2.05) is 42.2 Å². The Bertz CT molecular complexity index is 988. The van der Waals surface area contributed by atoms with Crippen LogP contribution in [0.3, 0.4) is 0 Å². The van der Waals surface area contributed by atoms with Crippen molar-refractivity contribution in [1.29, 1.82) is 0 Å². The minimum absolute atomic E-state index is 0.0182. The first-order valence-corrected chi connectivity index (χ1v) is 10.2. The first kappa shape index (κ1) is 18.8. The Kier molecular flexibility index (Phi) is 5.52. The quantitative estimate of drug-likeness (QED) is 0.604. The normalized spacial score (nSPS) is 16.9. The summed E-state index contributed by atoms with van der Waals surface area (Å²) < 4.78 is 6.30. The van der Waals surface area contributed by atoms with E-state index < -0.39 is 0 Å². The van der Waals surface area contributed by atoms with Crippen LogP contribution in [-0.2, 0) is 6.42 Å². The largest absolute Gasteiger partial charge is 0.339 e. The van der Waals surface area contributed by atoms with E-state index in [0.717, 1.165) is 35.0 Å². The van der Waals surface area contributed by atoms with Gasteiger partial charge in [-0.05, 0) is 53.2 Å². The first-order valence-electron chi connectivity index (χ1n) is 9.38. The van der Waals surface area contributed by atoms with E-state index in [2.05, 4.69) is 31.1 Å². The van der Waals surface area contributed by atoms with Crippen molar-refractivity contribution in [2.45, 2.75) is 26.2 Å². The number of halogens is 1. The number of benzene rings is 1. The fourth-order valence-corrected chi connectivity index (χ4v) is 4.01. The second-order valence-electron chi connectivity index (χ2n) is 7.18. The minimum Gasteiger partial charge on any atom is -0.339 e. The number of pyridine rings is 1. The number of aromatic nitrogens is 3. The average molecular weight is 441 g/mol. The first-order chi connectivity index (χ1) is 13.6. The van der Waals surface area contributed by atoms with Crippen LogP contribution in [0.15, 0.2) is 51.7 Å². The van der Waals surface area contributed by atoms with Crippen LogP contribution in [0.2, 0.25) is 0 Å². The topological polar surface area (TPSA) is 72.1 Å². The third-order valence-electron chi connectivity index (χ3n) is 5.08. The van der Waals surface area contributed by atoms with Gasteiger partial charge in [-0.25, -0.2) is 0 Å². The Balaban J connectivity index is 1.43. The van der Waals surface area contributed by atoms with Crippen molar-refractivity contribution in [1.82, 2.24) is 20.0 Å². The summed E-state index contributed by atoms with van der Waals surface area (Å²) in [4.78, 5) is 23.4. The van der Waals surface area contributed by atoms with Gasteiger partial charge < -0.3 is 9.42 Å². The molecule has 3 heterocycles. The summed E-state index contributed by atoms with van der Waals surface area (Å²) in [5.74, 6) is 1.58. The molecular formula is C21H21BrN4O2. The Morgan fingerprint density at radius 3 is 3.00 bits per heavy atom. The lowest BCUT2D eigenvalue weighted by Crippen LogP contribution is -2.40. The van der Waals surface area contributed by atoms with Crippen LogP contribution in [-0.4, -0.2) is 39.0 Å². The molecule has 4 rings (SSSR count). The van der Waals surface area contributed by atoms with Gasteiger partial charge in [0.15, 0.2) is 0 Å². The molecule has 1 fully saturated rings. The molecule has 0 radical (unpaired) electrons. The third-order valence-corrected chi connectivity index (χ3v) is 5.51. The Labute approximate surface area is 172 Å². The molecule has 0 N–H and O–H groups in total. The highest BCUT2D eigenvalue weighted by molar-refractivity contribution is 9.10. The molecule has 0 spiro atoms. The molecule has 3 aromatic rings. The Morgan fingerprint density at radius 2 is 2.18 bits per heavy atom. The standard InChI is InChI=1S/C21H21BrN4O2/c1-14-5-2-3-7-18(14)20-24-19(28-25-20)9-15-6-4-8-26(13-15)21(27)16-10-17(22)12-23-11-16/h2-3,5,7,10-12,15H,4,6,8-9,13H2,1H3. The minimum atomic E-state index is 0.0182. The molecule has 6 nitrogen and oxygen atoms in total. The van der Waals surface area contributed by atoms with Gasteiger partial charge >= 0.3 is 0 Å². The maximum Gasteiger partial charge on any atom is 0.255 e. The van der Waals surface area contributed by atoms with Gasteiger partial charge in [-0.15, -0.1) is 0 Å². The van der Waals surface area contributed by atoms with Gasteiger partial charge in [-0.2, -0.15) is 4.98 Å². The molecule has 0 saturated carbocycles. The molecule has 7 heteroatoms. The van der Waals surface area contributed by atoms with Gasteiger partial charge in [0.25, 0.3) is 5.91 Å². The maximum absolute atomic E-state index is 12.8. The summed E-state index contributed by atoms with van der Waals surface area (Å²) in [5, 5.41) is 4.14. The van der Waals surface area contributed by atoms with Crippen molar-refractivity contribution in [2.24, 2.45) is 5.92 Å². The van der Waals surface area contributed by atoms with Crippen LogP contribution in [0, 0.1) is 12.8 Å². The lowest BCUT2D eigenvalue weighted by Gasteiger charge is -2.32. The number of piperidine rings is 1. The van der Waals surface area contributed by atoms with E-state index in [1.165, 1.54) is 0 Å². The van der Waals surface area contributed by atoms with Crippen molar-refractivity contribution in [2.75, 3.05) is 13.1 Å². The SMILES string of the molecule is Cc1ccccc1-c1noc(CC2CCCN(C(=O)c3cncc(Br)c3)C2)n1. The number of amides is 1. The molecule has 28 heavy (non-hydrogen) atoms. The van der Waals surface area contributed by atoms with E-state index >= 15 is 0 Å². The lowest BCUT2D eigenvalue weighted by atomic mass is 9.94. The van der Waals surface area contributed by atoms with E-state index in [0.29, 0.717) is 36.2 Å². The summed E-state index contributed by atoms with van der Waals surface area (Å²) in [5.41, 5.74) is 2.71. The van der Waals surface area contributed by atoms with Crippen molar-refractivity contribution in [3.63, 3.8) is 0 Å². The molecule has 144 valence electrons. The molecular weight excluding hydrogens is 420 g/mol. The molecule has 1 aliphatic rings. The smallest absolute Gasteiger partial charge is 0.255 e. The van der Waals surface area contributed by atoms with Crippen molar-refractivity contribution >= 4 is 21.8 Å². The summed E-state index contributed by atoms with van der Waals surface area (Å²) >= 11 is 3.38. The van der Waals surface area contributed by atoms with Crippen LogP contribution < -0.4 is 0 Å². The lowest BCUT2D eigenvalue weighted by molar-refractivity contribution is 0.0667. The summed E-state index contributed by atoms with van der Waals surface area (Å²) in [7, 11) is 0. The number of hydrogen-bond acceptors (Lipinski definition) is 5. The zero-order chi connectivity index (χ0) is 19.5. The molecule has 1 aromatic carbocycles. The van der Waals surface area contributed by atoms with Crippen molar-refractivity contribution < 1.29 is 9.32 Å². The van der Waals surface area contributed by atoms with Gasteiger partial charge in [0.05, 0.1) is 5.56 Å². The molecule has 1 amide bonds. The molecule has 2 aromatic heterocycles. The highest BCUT2D eigenvalue weighted by Crippen LogP contribution is 2.24. The summed E-state index contributed by atoms with van der Waals surface area (Å²) in [6.07, 6.45) is 5.99. The average Bonchev–Trinajstić information content (AvgIpc) is 3.16. The molecule has 1 saturated heterocycles. The molecule has 0 bridgehead atoms. The predicted octanol–water partition coefficient (Wildman–Crippen LogP) is 4.30. The Hall–Kier alpha value is -2.54. The predicted molar refractivity (Wildman–Crippen MR) is 109 cm³/mol. The molecule has 1 aliphatic heterocycles. The van der Waals surface area contributed by atoms with Crippen molar-refractivity contribution in [3.05, 3.63) is 64.2 Å². The van der Waals surface area contributed by atoms with E-state index in [9.17, 15) is 4.79 Å². The highest BCUT2D eigenvalue weighted by atomic mass is 79.9. The van der Waals surface area contributed by atoms with Gasteiger partial charge in [-0.1, -0.05) is 29.4 Å². The Morgan fingerprint density at radius 1 is 1.32 bits per heavy atom. The van der Waals surface area contributed by atoms with Gasteiger partial charge in [0.2, 0.25) is 11.7 Å². The van der Waals surface area contributed by atoms with Gasteiger partial charge in [0.1, 0.15) is 0 Å². The number of nitrogens with zero attached hydrogens (tertiary/aromatic N) is 4. The monoisotopic (exact) mass is 440 g/mol. The number of aryl methyl sites for hydroxylation is 1.